The standard InChI is InChI=1S/C15H15F3N8O7/c16-15(17,18)8-20-14(19)21-12-2-4-23(22-12)3-1-5-33-13-10(25(29)30)6-9(24(27)28)7-11(13)26(31)32/h2,4,6-7H,1,3,5,8H2,(H3,19,20,21,22). The third kappa shape index (κ3) is 7.29. The van der Waals surface area contributed by atoms with Crippen molar-refractivity contribution in [3.05, 3.63) is 54.7 Å². The smallest absolute Gasteiger partial charge is 0.408 e. The van der Waals surface area contributed by atoms with E-state index >= 15 is 0 Å². The number of guanidine groups is 1. The molecule has 0 unspecified atom stereocenters. The van der Waals surface area contributed by atoms with Crippen molar-refractivity contribution in [2.24, 2.45) is 10.7 Å². The predicted octanol–water partition coefficient (Wildman–Crippen LogP) is 2.37. The maximum atomic E-state index is 12.1. The second-order valence-corrected chi connectivity index (χ2v) is 6.19. The Hall–Kier alpha value is -4.51. The number of hydrogen-bond donors (Lipinski definition) is 2. The number of anilines is 1. The summed E-state index contributed by atoms with van der Waals surface area (Å²) in [6, 6.07) is 2.50. The quantitative estimate of drug-likeness (QED) is 0.168. The van der Waals surface area contributed by atoms with E-state index in [4.69, 9.17) is 10.5 Å². The number of alkyl halides is 3. The Morgan fingerprint density at radius 1 is 1.15 bits per heavy atom. The second-order valence-electron chi connectivity index (χ2n) is 6.19. The number of aliphatic imine (C=N–C) groups is 1. The number of aromatic nitrogens is 2. The Balaban J connectivity index is 2.01. The molecule has 18 heteroatoms. The molecule has 0 aliphatic heterocycles. The topological polar surface area (TPSA) is 207 Å². The molecule has 0 aliphatic carbocycles. The third-order valence-electron chi connectivity index (χ3n) is 3.74. The van der Waals surface area contributed by atoms with Gasteiger partial charge in [0, 0.05) is 25.2 Å². The molecular formula is C15H15F3N8O7. The van der Waals surface area contributed by atoms with Crippen LogP contribution in [0.5, 0.6) is 5.75 Å². The first-order valence-corrected chi connectivity index (χ1v) is 8.78. The van der Waals surface area contributed by atoms with Crippen LogP contribution in [0, 0.1) is 30.3 Å². The first kappa shape index (κ1) is 24.8. The maximum absolute atomic E-state index is 12.1. The first-order chi connectivity index (χ1) is 15.4. The summed E-state index contributed by atoms with van der Waals surface area (Å²) in [5.41, 5.74) is 2.62. The normalized spacial score (nSPS) is 11.8. The summed E-state index contributed by atoms with van der Waals surface area (Å²) in [6.07, 6.45) is -2.93. The second kappa shape index (κ2) is 10.2. The van der Waals surface area contributed by atoms with Gasteiger partial charge in [0.25, 0.3) is 11.4 Å². The van der Waals surface area contributed by atoms with E-state index in [1.807, 2.05) is 0 Å². The number of non-ortho nitro benzene ring substituents is 1. The molecule has 0 atom stereocenters. The average molecular weight is 476 g/mol. The van der Waals surface area contributed by atoms with Crippen molar-refractivity contribution in [1.82, 2.24) is 9.78 Å². The lowest BCUT2D eigenvalue weighted by atomic mass is 10.2. The van der Waals surface area contributed by atoms with Crippen LogP contribution < -0.4 is 15.8 Å². The van der Waals surface area contributed by atoms with Crippen molar-refractivity contribution in [1.29, 1.82) is 0 Å². The number of halogens is 3. The fourth-order valence-electron chi connectivity index (χ4n) is 2.41. The van der Waals surface area contributed by atoms with Gasteiger partial charge in [-0.1, -0.05) is 0 Å². The van der Waals surface area contributed by atoms with E-state index in [-0.39, 0.29) is 25.4 Å². The van der Waals surface area contributed by atoms with Gasteiger partial charge >= 0.3 is 17.6 Å². The molecule has 2 aromatic rings. The van der Waals surface area contributed by atoms with Gasteiger partial charge in [0.05, 0.1) is 33.5 Å². The number of aryl methyl sites for hydroxylation is 1. The fourth-order valence-corrected chi connectivity index (χ4v) is 2.41. The minimum absolute atomic E-state index is 0.0981. The number of hydrogen-bond acceptors (Lipinski definition) is 9. The van der Waals surface area contributed by atoms with E-state index < -0.39 is 56.3 Å². The van der Waals surface area contributed by atoms with Crippen molar-refractivity contribution in [2.45, 2.75) is 19.1 Å². The number of nitrogens with one attached hydrogen (secondary N) is 1. The van der Waals surface area contributed by atoms with Crippen LogP contribution in [0.4, 0.5) is 36.1 Å². The highest BCUT2D eigenvalue weighted by molar-refractivity contribution is 5.91. The largest absolute Gasteiger partial charge is 0.482 e. The SMILES string of the molecule is NC(=NCC(F)(F)F)Nc1ccn(CCCOc2c([N+](=O)[O-])cc([N+](=O)[O-])cc2[N+](=O)[O-])n1. The van der Waals surface area contributed by atoms with E-state index in [0.29, 0.717) is 12.1 Å². The molecule has 0 saturated heterocycles. The summed E-state index contributed by atoms with van der Waals surface area (Å²) < 4.78 is 42.9. The molecule has 0 aliphatic rings. The summed E-state index contributed by atoms with van der Waals surface area (Å²) in [4.78, 5) is 33.3. The van der Waals surface area contributed by atoms with Gasteiger partial charge in [0.15, 0.2) is 11.8 Å². The van der Waals surface area contributed by atoms with Crippen LogP contribution in [-0.4, -0.2) is 49.8 Å². The summed E-state index contributed by atoms with van der Waals surface area (Å²) in [5.74, 6) is -1.13. The molecule has 0 bridgehead atoms. The van der Waals surface area contributed by atoms with Crippen LogP contribution >= 0.6 is 0 Å². The van der Waals surface area contributed by atoms with Gasteiger partial charge in [-0.15, -0.1) is 0 Å². The fraction of sp³-hybridized carbons (Fsp3) is 0.333. The molecular weight excluding hydrogens is 461 g/mol. The van der Waals surface area contributed by atoms with Gasteiger partial charge in [0.1, 0.15) is 6.54 Å². The van der Waals surface area contributed by atoms with E-state index in [2.05, 4.69) is 15.4 Å². The highest BCUT2D eigenvalue weighted by Crippen LogP contribution is 2.40. The zero-order valence-electron chi connectivity index (χ0n) is 16.4. The summed E-state index contributed by atoms with van der Waals surface area (Å²) in [5, 5.41) is 39.6. The lowest BCUT2D eigenvalue weighted by Gasteiger charge is -2.08. The van der Waals surface area contributed by atoms with Crippen LogP contribution in [0.15, 0.2) is 29.4 Å². The van der Waals surface area contributed by atoms with Gasteiger partial charge in [-0.25, -0.2) is 4.99 Å². The highest BCUT2D eigenvalue weighted by Gasteiger charge is 2.32. The first-order valence-electron chi connectivity index (χ1n) is 8.78. The van der Waals surface area contributed by atoms with Crippen molar-refractivity contribution >= 4 is 28.8 Å². The van der Waals surface area contributed by atoms with Crippen LogP contribution in [0.3, 0.4) is 0 Å². The van der Waals surface area contributed by atoms with Gasteiger partial charge in [-0.05, 0) is 0 Å². The number of rotatable bonds is 10. The van der Waals surface area contributed by atoms with Gasteiger partial charge in [0.2, 0.25) is 0 Å². The third-order valence-corrected chi connectivity index (χ3v) is 3.74. The Bertz CT molecular complexity index is 1050. The van der Waals surface area contributed by atoms with Gasteiger partial charge in [-0.3, -0.25) is 35.0 Å². The summed E-state index contributed by atoms with van der Waals surface area (Å²) in [6.45, 7) is -1.57. The molecule has 1 aromatic carbocycles. The molecule has 1 aromatic heterocycles. The minimum Gasteiger partial charge on any atom is -0.482 e. The zero-order chi connectivity index (χ0) is 24.8. The average Bonchev–Trinajstić information content (AvgIpc) is 3.15. The lowest BCUT2D eigenvalue weighted by molar-refractivity contribution is -0.404. The molecule has 0 saturated carbocycles. The van der Waals surface area contributed by atoms with E-state index in [0.717, 1.165) is 0 Å². The number of benzene rings is 1. The van der Waals surface area contributed by atoms with Crippen LogP contribution in [0.25, 0.3) is 0 Å². The van der Waals surface area contributed by atoms with E-state index in [1.165, 1.54) is 16.9 Å². The highest BCUT2D eigenvalue weighted by atomic mass is 19.4. The lowest BCUT2D eigenvalue weighted by Crippen LogP contribution is -2.25. The molecule has 33 heavy (non-hydrogen) atoms. The Kier molecular flexibility index (Phi) is 7.65. The van der Waals surface area contributed by atoms with Crippen LogP contribution in [0.2, 0.25) is 0 Å². The van der Waals surface area contributed by atoms with Crippen molar-refractivity contribution in [2.75, 3.05) is 18.5 Å². The molecule has 1 heterocycles. The van der Waals surface area contributed by atoms with E-state index in [1.54, 1.807) is 0 Å². The molecule has 0 spiro atoms. The van der Waals surface area contributed by atoms with Crippen molar-refractivity contribution in [3.63, 3.8) is 0 Å². The molecule has 0 radical (unpaired) electrons. The molecule has 178 valence electrons. The molecule has 0 fully saturated rings. The number of nitrogens with two attached hydrogens (primary N) is 1. The number of nitro benzene ring substituents is 3. The van der Waals surface area contributed by atoms with E-state index in [9.17, 15) is 43.5 Å². The Morgan fingerprint density at radius 3 is 2.27 bits per heavy atom. The molecule has 0 amide bonds. The summed E-state index contributed by atoms with van der Waals surface area (Å²) >= 11 is 0. The molecule has 15 nitrogen and oxygen atoms in total. The Morgan fingerprint density at radius 2 is 1.76 bits per heavy atom. The minimum atomic E-state index is -4.51. The van der Waals surface area contributed by atoms with Crippen molar-refractivity contribution in [3.8, 4) is 5.75 Å². The maximum Gasteiger partial charge on any atom is 0.408 e. The van der Waals surface area contributed by atoms with Crippen molar-refractivity contribution < 1.29 is 32.7 Å². The predicted molar refractivity (Wildman–Crippen MR) is 105 cm³/mol. The molecule has 3 N–H and O–H groups in total. The number of nitro groups is 3. The van der Waals surface area contributed by atoms with Crippen LogP contribution in [-0.2, 0) is 6.54 Å². The van der Waals surface area contributed by atoms with Gasteiger partial charge in [-0.2, -0.15) is 18.3 Å². The van der Waals surface area contributed by atoms with Crippen LogP contribution in [0.1, 0.15) is 6.42 Å². The Labute approximate surface area is 181 Å². The number of nitrogens with zero attached hydrogens (tertiary/aromatic N) is 6. The zero-order valence-corrected chi connectivity index (χ0v) is 16.4. The molecule has 2 rings (SSSR count). The van der Waals surface area contributed by atoms with Gasteiger partial charge < -0.3 is 15.8 Å². The monoisotopic (exact) mass is 476 g/mol. The summed E-state index contributed by atoms with van der Waals surface area (Å²) in [7, 11) is 0. The number of ether oxygens (including phenoxy) is 1.